The maximum atomic E-state index is 10.2. The highest BCUT2D eigenvalue weighted by Gasteiger charge is 2.19. The number of morpholine rings is 1. The molecule has 1 aromatic rings. The van der Waals surface area contributed by atoms with Gasteiger partial charge in [0.15, 0.2) is 0 Å². The molecule has 1 saturated heterocycles. The van der Waals surface area contributed by atoms with Gasteiger partial charge in [-0.25, -0.2) is 0 Å². The molecule has 0 amide bonds. The molecule has 6 heteroatoms. The molecular formula is C12H20BrN3O2. The normalized spacial score (nSPS) is 19.1. The molecule has 102 valence electrons. The summed E-state index contributed by atoms with van der Waals surface area (Å²) in [5.41, 5.74) is 1.78. The van der Waals surface area contributed by atoms with Crippen LogP contribution in [0, 0.1) is 6.92 Å². The van der Waals surface area contributed by atoms with Gasteiger partial charge in [0.25, 0.3) is 0 Å². The van der Waals surface area contributed by atoms with E-state index in [1.165, 1.54) is 0 Å². The third-order valence-electron chi connectivity index (χ3n) is 3.42. The Balaban J connectivity index is 1.90. The molecule has 1 unspecified atom stereocenters. The topological polar surface area (TPSA) is 50.5 Å². The van der Waals surface area contributed by atoms with Crippen molar-refractivity contribution in [3.63, 3.8) is 0 Å². The molecule has 18 heavy (non-hydrogen) atoms. The molecule has 0 bridgehead atoms. The molecule has 0 aromatic carbocycles. The molecule has 1 aliphatic heterocycles. The molecule has 1 fully saturated rings. The molecule has 0 saturated carbocycles. The molecule has 2 heterocycles. The van der Waals surface area contributed by atoms with E-state index in [0.29, 0.717) is 6.42 Å². The van der Waals surface area contributed by atoms with Crippen molar-refractivity contribution in [1.29, 1.82) is 0 Å². The van der Waals surface area contributed by atoms with Crippen molar-refractivity contribution in [1.82, 2.24) is 14.7 Å². The van der Waals surface area contributed by atoms with Gasteiger partial charge >= 0.3 is 0 Å². The molecular weight excluding hydrogens is 298 g/mol. The van der Waals surface area contributed by atoms with Crippen molar-refractivity contribution in [3.8, 4) is 0 Å². The first-order valence-electron chi connectivity index (χ1n) is 6.26. The number of hydrogen-bond acceptors (Lipinski definition) is 4. The van der Waals surface area contributed by atoms with E-state index in [-0.39, 0.29) is 0 Å². The number of aromatic nitrogens is 2. The number of ether oxygens (including phenoxy) is 1. The minimum Gasteiger partial charge on any atom is -0.387 e. The third kappa shape index (κ3) is 3.12. The number of halogens is 1. The van der Waals surface area contributed by atoms with E-state index in [4.69, 9.17) is 4.74 Å². The van der Waals surface area contributed by atoms with Crippen LogP contribution >= 0.6 is 15.9 Å². The lowest BCUT2D eigenvalue weighted by Gasteiger charge is -2.27. The number of aliphatic hydroxyl groups excluding tert-OH is 1. The van der Waals surface area contributed by atoms with Crippen LogP contribution in [0.25, 0.3) is 0 Å². The van der Waals surface area contributed by atoms with E-state index in [2.05, 4.69) is 25.9 Å². The second kappa shape index (κ2) is 6.14. The highest BCUT2D eigenvalue weighted by Crippen LogP contribution is 2.27. The van der Waals surface area contributed by atoms with E-state index >= 15 is 0 Å². The SMILES string of the molecule is Cc1c(Br)c(C(O)CCN2CCOCC2)nn1C. The summed E-state index contributed by atoms with van der Waals surface area (Å²) in [6.07, 6.45) is 0.191. The summed E-state index contributed by atoms with van der Waals surface area (Å²) in [6, 6.07) is 0. The van der Waals surface area contributed by atoms with Crippen molar-refractivity contribution in [2.45, 2.75) is 19.4 Å². The fourth-order valence-electron chi connectivity index (χ4n) is 2.09. The van der Waals surface area contributed by atoms with Crippen LogP contribution in [0.2, 0.25) is 0 Å². The average molecular weight is 318 g/mol. The Bertz CT molecular complexity index is 402. The van der Waals surface area contributed by atoms with E-state index < -0.39 is 6.10 Å². The number of hydrogen-bond donors (Lipinski definition) is 1. The molecule has 5 nitrogen and oxygen atoms in total. The van der Waals surface area contributed by atoms with Crippen molar-refractivity contribution < 1.29 is 9.84 Å². The Kier molecular flexibility index (Phi) is 4.77. The van der Waals surface area contributed by atoms with Crippen LogP contribution in [-0.2, 0) is 11.8 Å². The maximum absolute atomic E-state index is 10.2. The molecule has 1 aliphatic rings. The Morgan fingerprint density at radius 1 is 1.44 bits per heavy atom. The first-order valence-corrected chi connectivity index (χ1v) is 7.06. The highest BCUT2D eigenvalue weighted by molar-refractivity contribution is 9.10. The van der Waals surface area contributed by atoms with Gasteiger partial charge < -0.3 is 9.84 Å². The second-order valence-corrected chi connectivity index (χ2v) is 5.46. The van der Waals surface area contributed by atoms with Crippen LogP contribution in [0.1, 0.15) is 23.9 Å². The standard InChI is InChI=1S/C12H20BrN3O2/c1-9-11(13)12(14-15(9)2)10(17)3-4-16-5-7-18-8-6-16/h10,17H,3-8H2,1-2H3. The van der Waals surface area contributed by atoms with Gasteiger partial charge in [-0.2, -0.15) is 5.10 Å². The fourth-order valence-corrected chi connectivity index (χ4v) is 2.69. The molecule has 2 rings (SSSR count). The molecule has 1 atom stereocenters. The van der Waals surface area contributed by atoms with Gasteiger partial charge in [0, 0.05) is 32.4 Å². The number of aliphatic hydroxyl groups is 1. The van der Waals surface area contributed by atoms with E-state index in [1.807, 2.05) is 14.0 Å². The van der Waals surface area contributed by atoms with Crippen LogP contribution in [0.15, 0.2) is 4.47 Å². The quantitative estimate of drug-likeness (QED) is 0.908. The molecule has 1 N–H and O–H groups in total. The van der Waals surface area contributed by atoms with E-state index in [9.17, 15) is 5.11 Å². The van der Waals surface area contributed by atoms with Crippen molar-refractivity contribution >= 4 is 15.9 Å². The van der Waals surface area contributed by atoms with E-state index in [0.717, 1.165) is 48.7 Å². The average Bonchev–Trinajstić information content (AvgIpc) is 2.65. The summed E-state index contributed by atoms with van der Waals surface area (Å²) < 4.78 is 8.01. The van der Waals surface area contributed by atoms with Crippen LogP contribution in [-0.4, -0.2) is 52.6 Å². The molecule has 0 radical (unpaired) electrons. The third-order valence-corrected chi connectivity index (χ3v) is 4.40. The number of aryl methyl sites for hydroxylation is 1. The van der Waals surface area contributed by atoms with Crippen LogP contribution < -0.4 is 0 Å². The lowest BCUT2D eigenvalue weighted by atomic mass is 10.1. The fraction of sp³-hybridized carbons (Fsp3) is 0.750. The molecule has 0 spiro atoms. The minimum atomic E-state index is -0.512. The van der Waals surface area contributed by atoms with Gasteiger partial charge in [0.2, 0.25) is 0 Å². The van der Waals surface area contributed by atoms with Gasteiger partial charge in [-0.1, -0.05) is 0 Å². The van der Waals surface area contributed by atoms with E-state index in [1.54, 1.807) is 4.68 Å². The summed E-state index contributed by atoms with van der Waals surface area (Å²) in [5.74, 6) is 0. The predicted molar refractivity (Wildman–Crippen MR) is 72.5 cm³/mol. The Hall–Kier alpha value is -0.430. The van der Waals surface area contributed by atoms with Crippen LogP contribution in [0.3, 0.4) is 0 Å². The van der Waals surface area contributed by atoms with Gasteiger partial charge in [-0.05, 0) is 29.3 Å². The number of nitrogens with zero attached hydrogens (tertiary/aromatic N) is 3. The zero-order valence-corrected chi connectivity index (χ0v) is 12.5. The van der Waals surface area contributed by atoms with Crippen molar-refractivity contribution in [2.75, 3.05) is 32.8 Å². The number of rotatable bonds is 4. The predicted octanol–water partition coefficient (Wildman–Crippen LogP) is 1.25. The van der Waals surface area contributed by atoms with Crippen molar-refractivity contribution in [2.24, 2.45) is 7.05 Å². The summed E-state index contributed by atoms with van der Waals surface area (Å²) in [4.78, 5) is 2.32. The molecule has 0 aliphatic carbocycles. The highest BCUT2D eigenvalue weighted by atomic mass is 79.9. The largest absolute Gasteiger partial charge is 0.387 e. The molecule has 1 aromatic heterocycles. The summed E-state index contributed by atoms with van der Waals surface area (Å²) in [6.45, 7) is 6.36. The zero-order chi connectivity index (χ0) is 13.1. The first-order chi connectivity index (χ1) is 8.59. The first kappa shape index (κ1) is 14.0. The van der Waals surface area contributed by atoms with Gasteiger partial charge in [0.05, 0.1) is 17.7 Å². The second-order valence-electron chi connectivity index (χ2n) is 4.67. The Morgan fingerprint density at radius 2 is 2.11 bits per heavy atom. The van der Waals surface area contributed by atoms with Gasteiger partial charge in [-0.15, -0.1) is 0 Å². The minimum absolute atomic E-state index is 0.512. The van der Waals surface area contributed by atoms with Crippen LogP contribution in [0.5, 0.6) is 0 Å². The smallest absolute Gasteiger partial charge is 0.105 e. The maximum Gasteiger partial charge on any atom is 0.105 e. The summed E-state index contributed by atoms with van der Waals surface area (Å²) >= 11 is 3.49. The van der Waals surface area contributed by atoms with Crippen molar-refractivity contribution in [3.05, 3.63) is 15.9 Å². The van der Waals surface area contributed by atoms with Gasteiger partial charge in [0.1, 0.15) is 11.8 Å². The Morgan fingerprint density at radius 3 is 2.67 bits per heavy atom. The van der Waals surface area contributed by atoms with Gasteiger partial charge in [-0.3, -0.25) is 9.58 Å². The van der Waals surface area contributed by atoms with Crippen LogP contribution in [0.4, 0.5) is 0 Å². The summed E-state index contributed by atoms with van der Waals surface area (Å²) in [5, 5.41) is 14.6. The zero-order valence-electron chi connectivity index (χ0n) is 10.9. The summed E-state index contributed by atoms with van der Waals surface area (Å²) in [7, 11) is 1.89. The lowest BCUT2D eigenvalue weighted by molar-refractivity contribution is 0.0296. The Labute approximate surface area is 116 Å². The lowest BCUT2D eigenvalue weighted by Crippen LogP contribution is -2.37. The monoisotopic (exact) mass is 317 g/mol.